The largest absolute Gasteiger partial charge is 0.336 e. The van der Waals surface area contributed by atoms with Crippen molar-refractivity contribution in [2.75, 3.05) is 39.0 Å². The van der Waals surface area contributed by atoms with Crippen molar-refractivity contribution < 1.29 is 13.2 Å². The Hall–Kier alpha value is -1.45. The summed E-state index contributed by atoms with van der Waals surface area (Å²) in [6, 6.07) is 0.701. The van der Waals surface area contributed by atoms with E-state index in [9.17, 15) is 13.2 Å². The molecule has 1 aromatic heterocycles. The summed E-state index contributed by atoms with van der Waals surface area (Å²) < 4.78 is 27.4. The summed E-state index contributed by atoms with van der Waals surface area (Å²) in [5.74, 6) is 0.461. The van der Waals surface area contributed by atoms with Crippen molar-refractivity contribution in [3.63, 3.8) is 0 Å². The number of fused-ring (bicyclic) bond motifs is 1. The first-order chi connectivity index (χ1) is 14.3. The van der Waals surface area contributed by atoms with Crippen LogP contribution in [0.2, 0.25) is 0 Å². The van der Waals surface area contributed by atoms with E-state index in [2.05, 4.69) is 23.7 Å². The number of rotatable bonds is 4. The molecule has 2 saturated heterocycles. The van der Waals surface area contributed by atoms with Gasteiger partial charge in [-0.3, -0.25) is 4.79 Å². The molecule has 0 aliphatic carbocycles. The summed E-state index contributed by atoms with van der Waals surface area (Å²) in [6.45, 7) is 8.74. The highest BCUT2D eigenvalue weighted by atomic mass is 32.2. The lowest BCUT2D eigenvalue weighted by molar-refractivity contribution is 0.0573. The second-order valence-corrected chi connectivity index (χ2v) is 11.2. The Bertz CT molecular complexity index is 881. The topological polar surface area (TPSA) is 78.8 Å². The van der Waals surface area contributed by atoms with Crippen LogP contribution in [0.25, 0.3) is 0 Å². The molecule has 0 unspecified atom stereocenters. The zero-order valence-electron chi connectivity index (χ0n) is 18.5. The minimum atomic E-state index is -3.27. The van der Waals surface area contributed by atoms with Gasteiger partial charge in [0.05, 0.1) is 18.5 Å². The third kappa shape index (κ3) is 4.29. The van der Waals surface area contributed by atoms with E-state index in [1.165, 1.54) is 42.9 Å². The molecule has 30 heavy (non-hydrogen) atoms. The fourth-order valence-corrected chi connectivity index (χ4v) is 6.01. The van der Waals surface area contributed by atoms with Gasteiger partial charge in [0, 0.05) is 43.8 Å². The number of amides is 1. The summed E-state index contributed by atoms with van der Waals surface area (Å²) in [7, 11) is -3.27. The van der Waals surface area contributed by atoms with Crippen LogP contribution >= 0.6 is 0 Å². The lowest BCUT2D eigenvalue weighted by atomic mass is 10.00. The van der Waals surface area contributed by atoms with Gasteiger partial charge in [0.15, 0.2) is 5.82 Å². The number of nitrogens with zero attached hydrogens (tertiary/aromatic N) is 5. The van der Waals surface area contributed by atoms with Crippen molar-refractivity contribution in [1.82, 2.24) is 23.7 Å². The summed E-state index contributed by atoms with van der Waals surface area (Å²) >= 11 is 0. The van der Waals surface area contributed by atoms with Gasteiger partial charge in [-0.25, -0.2) is 13.4 Å². The van der Waals surface area contributed by atoms with Crippen molar-refractivity contribution in [2.45, 2.75) is 71.0 Å². The zero-order valence-corrected chi connectivity index (χ0v) is 19.3. The molecule has 8 nitrogen and oxygen atoms in total. The zero-order chi connectivity index (χ0) is 21.5. The van der Waals surface area contributed by atoms with Crippen LogP contribution in [-0.2, 0) is 23.0 Å². The van der Waals surface area contributed by atoms with Gasteiger partial charge in [-0.15, -0.1) is 0 Å². The van der Waals surface area contributed by atoms with Gasteiger partial charge >= 0.3 is 0 Å². The normalized spacial score (nSPS) is 22.5. The van der Waals surface area contributed by atoms with Crippen LogP contribution in [0.15, 0.2) is 0 Å². The number of likely N-dealkylation sites (tertiary alicyclic amines) is 2. The molecule has 3 aliphatic rings. The molecule has 4 heterocycles. The average molecular weight is 438 g/mol. The highest BCUT2D eigenvalue weighted by Crippen LogP contribution is 2.27. The molecule has 1 amide bonds. The monoisotopic (exact) mass is 437 g/mol. The lowest BCUT2D eigenvalue weighted by Crippen LogP contribution is -2.48. The number of hydrogen-bond donors (Lipinski definition) is 0. The molecule has 3 aliphatic heterocycles. The van der Waals surface area contributed by atoms with Crippen LogP contribution in [0.5, 0.6) is 0 Å². The highest BCUT2D eigenvalue weighted by Gasteiger charge is 2.34. The maximum atomic E-state index is 13.4. The van der Waals surface area contributed by atoms with Crippen molar-refractivity contribution in [3.05, 3.63) is 17.2 Å². The smallest absolute Gasteiger partial charge is 0.289 e. The molecule has 4 rings (SSSR count). The second kappa shape index (κ2) is 8.59. The molecule has 168 valence electrons. The van der Waals surface area contributed by atoms with Gasteiger partial charge in [0.2, 0.25) is 10.0 Å². The van der Waals surface area contributed by atoms with Crippen LogP contribution < -0.4 is 0 Å². The number of carbonyl (C=O) groups excluding carboxylic acids is 1. The Kier molecular flexibility index (Phi) is 6.23. The third-order valence-electron chi connectivity index (χ3n) is 6.85. The van der Waals surface area contributed by atoms with E-state index in [1.54, 1.807) is 0 Å². The van der Waals surface area contributed by atoms with E-state index in [-0.39, 0.29) is 18.5 Å². The average Bonchev–Trinajstić information content (AvgIpc) is 3.12. The number of aromatic nitrogens is 2. The Morgan fingerprint density at radius 3 is 2.30 bits per heavy atom. The first-order valence-electron chi connectivity index (χ1n) is 11.3. The molecular formula is C21H35N5O3S. The SMILES string of the molecule is CC(C)n1c(C(=O)N2CCC(N3CCCCC3)CC2)nc2c1CCN(S(C)(=O)=O)C2. The first kappa shape index (κ1) is 21.8. The number of imidazole rings is 1. The molecule has 9 heteroatoms. The molecule has 0 bridgehead atoms. The van der Waals surface area contributed by atoms with Crippen LogP contribution in [0.4, 0.5) is 0 Å². The van der Waals surface area contributed by atoms with Gasteiger partial charge in [0.1, 0.15) is 0 Å². The lowest BCUT2D eigenvalue weighted by Gasteiger charge is -2.40. The molecule has 1 aromatic rings. The fraction of sp³-hybridized carbons (Fsp3) is 0.810. The van der Waals surface area contributed by atoms with Gasteiger partial charge < -0.3 is 14.4 Å². The van der Waals surface area contributed by atoms with Gasteiger partial charge in [-0.2, -0.15) is 4.31 Å². The van der Waals surface area contributed by atoms with Gasteiger partial charge in [-0.05, 0) is 52.6 Å². The van der Waals surface area contributed by atoms with Crippen molar-refractivity contribution in [1.29, 1.82) is 0 Å². The molecule has 0 saturated carbocycles. The van der Waals surface area contributed by atoms with E-state index in [0.717, 1.165) is 37.3 Å². The van der Waals surface area contributed by atoms with Crippen molar-refractivity contribution >= 4 is 15.9 Å². The van der Waals surface area contributed by atoms with Crippen LogP contribution in [0, 0.1) is 0 Å². The molecule has 2 fully saturated rings. The van der Waals surface area contributed by atoms with Crippen molar-refractivity contribution in [2.24, 2.45) is 0 Å². The molecule has 0 N–H and O–H groups in total. The number of hydrogen-bond acceptors (Lipinski definition) is 5. The van der Waals surface area contributed by atoms with Gasteiger partial charge in [-0.1, -0.05) is 6.42 Å². The minimum Gasteiger partial charge on any atom is -0.336 e. The standard InChI is InChI=1S/C21H35N5O3S/c1-16(2)26-19-9-14-25(30(3,28)29)15-18(19)22-20(26)21(27)24-12-7-17(8-13-24)23-10-5-4-6-11-23/h16-17H,4-15H2,1-3H3. The van der Waals surface area contributed by atoms with E-state index in [0.29, 0.717) is 24.8 Å². The van der Waals surface area contributed by atoms with E-state index in [4.69, 9.17) is 0 Å². The first-order valence-corrected chi connectivity index (χ1v) is 13.2. The predicted molar refractivity (Wildman–Crippen MR) is 116 cm³/mol. The third-order valence-corrected chi connectivity index (χ3v) is 8.10. The Morgan fingerprint density at radius 2 is 1.70 bits per heavy atom. The predicted octanol–water partition coefficient (Wildman–Crippen LogP) is 1.87. The van der Waals surface area contributed by atoms with Crippen LogP contribution in [0.3, 0.4) is 0 Å². The molecule has 0 radical (unpaired) electrons. The summed E-state index contributed by atoms with van der Waals surface area (Å²) in [6.07, 6.45) is 7.80. The summed E-state index contributed by atoms with van der Waals surface area (Å²) in [4.78, 5) is 22.6. The molecule has 0 spiro atoms. The van der Waals surface area contributed by atoms with Crippen LogP contribution in [0.1, 0.15) is 74.0 Å². The highest BCUT2D eigenvalue weighted by molar-refractivity contribution is 7.88. The number of carbonyl (C=O) groups is 1. The Balaban J connectivity index is 1.50. The summed E-state index contributed by atoms with van der Waals surface area (Å²) in [5, 5.41) is 0. The molecule has 0 atom stereocenters. The number of sulfonamides is 1. The molecular weight excluding hydrogens is 402 g/mol. The number of piperidine rings is 2. The fourth-order valence-electron chi connectivity index (χ4n) is 5.23. The van der Waals surface area contributed by atoms with Gasteiger partial charge in [0.25, 0.3) is 5.91 Å². The van der Waals surface area contributed by atoms with E-state index < -0.39 is 10.0 Å². The van der Waals surface area contributed by atoms with E-state index >= 15 is 0 Å². The van der Waals surface area contributed by atoms with Crippen molar-refractivity contribution in [3.8, 4) is 0 Å². The maximum Gasteiger partial charge on any atom is 0.289 e. The minimum absolute atomic E-state index is 0.0129. The second-order valence-electron chi connectivity index (χ2n) is 9.26. The van der Waals surface area contributed by atoms with Crippen LogP contribution in [-0.4, -0.2) is 83.0 Å². The Morgan fingerprint density at radius 1 is 1.03 bits per heavy atom. The Labute approximate surface area is 180 Å². The maximum absolute atomic E-state index is 13.4. The summed E-state index contributed by atoms with van der Waals surface area (Å²) in [5.41, 5.74) is 1.74. The van der Waals surface area contributed by atoms with E-state index in [1.807, 2.05) is 9.47 Å². The molecule has 0 aromatic carbocycles. The quantitative estimate of drug-likeness (QED) is 0.719.